The molecule has 134 valence electrons. The summed E-state index contributed by atoms with van der Waals surface area (Å²) in [5, 5.41) is 0. The standard InChI is InChI=1S/C20H25NO4/c1-5-21(13-16-8-11-18(23-3)19(12-16)24-4)20(22)14-25-17-9-6-15(2)7-10-17/h6-12H,5,13-14H2,1-4H3. The van der Waals surface area contributed by atoms with Crippen LogP contribution in [0.4, 0.5) is 0 Å². The second kappa shape index (κ2) is 8.97. The number of carbonyl (C=O) groups is 1. The van der Waals surface area contributed by atoms with E-state index in [-0.39, 0.29) is 12.5 Å². The van der Waals surface area contributed by atoms with E-state index in [9.17, 15) is 4.79 Å². The van der Waals surface area contributed by atoms with E-state index in [4.69, 9.17) is 14.2 Å². The summed E-state index contributed by atoms with van der Waals surface area (Å²) >= 11 is 0. The lowest BCUT2D eigenvalue weighted by molar-refractivity contribution is -0.133. The van der Waals surface area contributed by atoms with Crippen LogP contribution in [0.1, 0.15) is 18.1 Å². The van der Waals surface area contributed by atoms with Crippen LogP contribution in [0.25, 0.3) is 0 Å². The summed E-state index contributed by atoms with van der Waals surface area (Å²) in [6.45, 7) is 5.07. The van der Waals surface area contributed by atoms with Crippen molar-refractivity contribution in [3.05, 3.63) is 53.6 Å². The molecular weight excluding hydrogens is 318 g/mol. The number of hydrogen-bond acceptors (Lipinski definition) is 4. The van der Waals surface area contributed by atoms with Crippen molar-refractivity contribution in [3.8, 4) is 17.2 Å². The molecule has 0 aliphatic rings. The molecule has 0 unspecified atom stereocenters. The van der Waals surface area contributed by atoms with E-state index >= 15 is 0 Å². The van der Waals surface area contributed by atoms with Gasteiger partial charge in [-0.15, -0.1) is 0 Å². The molecule has 0 saturated carbocycles. The fourth-order valence-electron chi connectivity index (χ4n) is 2.45. The molecule has 2 aromatic carbocycles. The zero-order chi connectivity index (χ0) is 18.2. The minimum atomic E-state index is -0.0575. The van der Waals surface area contributed by atoms with Crippen LogP contribution in [0.2, 0.25) is 0 Å². The number of amides is 1. The average Bonchev–Trinajstić information content (AvgIpc) is 2.65. The Balaban J connectivity index is 1.98. The normalized spacial score (nSPS) is 10.2. The van der Waals surface area contributed by atoms with Crippen LogP contribution in [0.3, 0.4) is 0 Å². The molecule has 2 aromatic rings. The van der Waals surface area contributed by atoms with E-state index in [0.717, 1.165) is 11.1 Å². The van der Waals surface area contributed by atoms with Crippen molar-refractivity contribution >= 4 is 5.91 Å². The number of benzene rings is 2. The maximum atomic E-state index is 12.4. The second-order valence-electron chi connectivity index (χ2n) is 5.70. The van der Waals surface area contributed by atoms with E-state index in [1.807, 2.05) is 56.3 Å². The topological polar surface area (TPSA) is 48.0 Å². The van der Waals surface area contributed by atoms with Crippen molar-refractivity contribution in [2.45, 2.75) is 20.4 Å². The molecular formula is C20H25NO4. The highest BCUT2D eigenvalue weighted by atomic mass is 16.5. The van der Waals surface area contributed by atoms with E-state index < -0.39 is 0 Å². The summed E-state index contributed by atoms with van der Waals surface area (Å²) in [6.07, 6.45) is 0. The van der Waals surface area contributed by atoms with Crippen LogP contribution in [0.15, 0.2) is 42.5 Å². The number of rotatable bonds is 8. The Morgan fingerprint density at radius 2 is 1.68 bits per heavy atom. The maximum Gasteiger partial charge on any atom is 0.260 e. The highest BCUT2D eigenvalue weighted by Gasteiger charge is 2.14. The molecule has 2 rings (SSSR count). The predicted molar refractivity (Wildman–Crippen MR) is 97.3 cm³/mol. The van der Waals surface area contributed by atoms with E-state index in [1.165, 1.54) is 0 Å². The molecule has 0 radical (unpaired) electrons. The van der Waals surface area contributed by atoms with Gasteiger partial charge in [0.1, 0.15) is 5.75 Å². The Bertz CT molecular complexity index is 697. The number of likely N-dealkylation sites (N-methyl/N-ethyl adjacent to an activating group) is 1. The minimum absolute atomic E-state index is 0.0180. The van der Waals surface area contributed by atoms with Crippen molar-refractivity contribution < 1.29 is 19.0 Å². The molecule has 5 heteroatoms. The molecule has 0 aliphatic heterocycles. The largest absolute Gasteiger partial charge is 0.493 e. The average molecular weight is 343 g/mol. The molecule has 0 fully saturated rings. The predicted octanol–water partition coefficient (Wildman–Crippen LogP) is 3.44. The number of hydrogen-bond donors (Lipinski definition) is 0. The van der Waals surface area contributed by atoms with Gasteiger partial charge in [-0.05, 0) is 43.7 Å². The summed E-state index contributed by atoms with van der Waals surface area (Å²) in [6, 6.07) is 13.3. The van der Waals surface area contributed by atoms with Gasteiger partial charge in [0.2, 0.25) is 0 Å². The number of aryl methyl sites for hydroxylation is 1. The number of carbonyl (C=O) groups excluding carboxylic acids is 1. The molecule has 0 spiro atoms. The Hall–Kier alpha value is -2.69. The van der Waals surface area contributed by atoms with Crippen molar-refractivity contribution in [1.29, 1.82) is 0 Å². The van der Waals surface area contributed by atoms with E-state index in [0.29, 0.717) is 30.3 Å². The van der Waals surface area contributed by atoms with Crippen LogP contribution in [-0.4, -0.2) is 38.2 Å². The highest BCUT2D eigenvalue weighted by Crippen LogP contribution is 2.28. The monoisotopic (exact) mass is 343 g/mol. The smallest absolute Gasteiger partial charge is 0.260 e. The maximum absolute atomic E-state index is 12.4. The summed E-state index contributed by atoms with van der Waals surface area (Å²) in [7, 11) is 3.20. The SMILES string of the molecule is CCN(Cc1ccc(OC)c(OC)c1)C(=O)COc1ccc(C)cc1. The Morgan fingerprint density at radius 1 is 1.00 bits per heavy atom. The first kappa shape index (κ1) is 18.6. The first-order valence-electron chi connectivity index (χ1n) is 8.25. The summed E-state index contributed by atoms with van der Waals surface area (Å²) in [5.41, 5.74) is 2.13. The lowest BCUT2D eigenvalue weighted by Crippen LogP contribution is -2.34. The first-order valence-corrected chi connectivity index (χ1v) is 8.25. The van der Waals surface area contributed by atoms with Crippen molar-refractivity contribution in [2.75, 3.05) is 27.4 Å². The van der Waals surface area contributed by atoms with Gasteiger partial charge in [0.05, 0.1) is 14.2 Å². The van der Waals surface area contributed by atoms with Crippen LogP contribution in [-0.2, 0) is 11.3 Å². The minimum Gasteiger partial charge on any atom is -0.493 e. The van der Waals surface area contributed by atoms with Gasteiger partial charge in [-0.2, -0.15) is 0 Å². The molecule has 0 aromatic heterocycles. The lowest BCUT2D eigenvalue weighted by Gasteiger charge is -2.21. The molecule has 25 heavy (non-hydrogen) atoms. The lowest BCUT2D eigenvalue weighted by atomic mass is 10.2. The zero-order valence-corrected chi connectivity index (χ0v) is 15.2. The van der Waals surface area contributed by atoms with Gasteiger partial charge in [0, 0.05) is 13.1 Å². The van der Waals surface area contributed by atoms with Crippen LogP contribution >= 0.6 is 0 Å². The van der Waals surface area contributed by atoms with Gasteiger partial charge in [-0.1, -0.05) is 23.8 Å². The molecule has 5 nitrogen and oxygen atoms in total. The number of nitrogens with zero attached hydrogens (tertiary/aromatic N) is 1. The Labute approximate surface area is 149 Å². The fraction of sp³-hybridized carbons (Fsp3) is 0.350. The number of methoxy groups -OCH3 is 2. The fourth-order valence-corrected chi connectivity index (χ4v) is 2.45. The Morgan fingerprint density at radius 3 is 2.28 bits per heavy atom. The van der Waals surface area contributed by atoms with Crippen molar-refractivity contribution in [1.82, 2.24) is 4.90 Å². The van der Waals surface area contributed by atoms with Gasteiger partial charge >= 0.3 is 0 Å². The molecule has 0 N–H and O–H groups in total. The molecule has 0 aliphatic carbocycles. The Kier molecular flexibility index (Phi) is 6.69. The van der Waals surface area contributed by atoms with Gasteiger partial charge in [-0.3, -0.25) is 4.79 Å². The van der Waals surface area contributed by atoms with Gasteiger partial charge in [0.25, 0.3) is 5.91 Å². The quantitative estimate of drug-likeness (QED) is 0.737. The van der Waals surface area contributed by atoms with Crippen molar-refractivity contribution in [2.24, 2.45) is 0 Å². The molecule has 1 amide bonds. The summed E-state index contributed by atoms with van der Waals surface area (Å²) in [4.78, 5) is 14.2. The third-order valence-corrected chi connectivity index (χ3v) is 3.94. The zero-order valence-electron chi connectivity index (χ0n) is 15.2. The molecule has 0 bridgehead atoms. The van der Waals surface area contributed by atoms with Crippen molar-refractivity contribution in [3.63, 3.8) is 0 Å². The summed E-state index contributed by atoms with van der Waals surface area (Å²) in [5.74, 6) is 1.96. The van der Waals surface area contributed by atoms with Gasteiger partial charge in [0.15, 0.2) is 18.1 Å². The highest BCUT2D eigenvalue weighted by molar-refractivity contribution is 5.77. The third kappa shape index (κ3) is 5.14. The second-order valence-corrected chi connectivity index (χ2v) is 5.70. The van der Waals surface area contributed by atoms with E-state index in [1.54, 1.807) is 19.1 Å². The molecule has 0 saturated heterocycles. The number of ether oxygens (including phenoxy) is 3. The third-order valence-electron chi connectivity index (χ3n) is 3.94. The first-order chi connectivity index (χ1) is 12.1. The van der Waals surface area contributed by atoms with E-state index in [2.05, 4.69) is 0 Å². The van der Waals surface area contributed by atoms with Crippen LogP contribution in [0, 0.1) is 6.92 Å². The summed E-state index contributed by atoms with van der Waals surface area (Å²) < 4.78 is 16.1. The molecule has 0 heterocycles. The van der Waals surface area contributed by atoms with Gasteiger partial charge in [-0.25, -0.2) is 0 Å². The van der Waals surface area contributed by atoms with Crippen LogP contribution < -0.4 is 14.2 Å². The van der Waals surface area contributed by atoms with Gasteiger partial charge < -0.3 is 19.1 Å². The van der Waals surface area contributed by atoms with Crippen LogP contribution in [0.5, 0.6) is 17.2 Å². The molecule has 0 atom stereocenters.